The summed E-state index contributed by atoms with van der Waals surface area (Å²) in [5.74, 6) is 0.128. The molecule has 5 unspecified atom stereocenters. The van der Waals surface area contributed by atoms with Gasteiger partial charge < -0.3 is 19.3 Å². The van der Waals surface area contributed by atoms with Crippen molar-refractivity contribution in [2.75, 3.05) is 26.2 Å². The molecule has 1 aliphatic carbocycles. The molecule has 3 aliphatic heterocycles. The molecular weight excluding hydrogens is 480 g/mol. The number of quaternary nitrogens is 1. The van der Waals surface area contributed by atoms with Gasteiger partial charge >= 0.3 is 12.1 Å². The van der Waals surface area contributed by atoms with Gasteiger partial charge in [-0.25, -0.2) is 9.59 Å². The van der Waals surface area contributed by atoms with Crippen molar-refractivity contribution >= 4 is 29.4 Å². The zero-order valence-electron chi connectivity index (χ0n) is 20.8. The predicted octanol–water partition coefficient (Wildman–Crippen LogP) is 4.55. The van der Waals surface area contributed by atoms with Crippen molar-refractivity contribution < 1.29 is 28.3 Å². The fourth-order valence-electron chi connectivity index (χ4n) is 6.14. The highest BCUT2D eigenvalue weighted by atomic mass is 35.5. The number of hydrogen-bond donors (Lipinski definition) is 1. The molecule has 6 rings (SSSR count). The highest BCUT2D eigenvalue weighted by Gasteiger charge is 2.81. The van der Waals surface area contributed by atoms with E-state index in [2.05, 4.69) is 5.32 Å². The fourth-order valence-corrected chi connectivity index (χ4v) is 6.26. The number of benzene rings is 2. The Labute approximate surface area is 216 Å². The van der Waals surface area contributed by atoms with Gasteiger partial charge in [-0.15, -0.1) is 0 Å². The van der Waals surface area contributed by atoms with E-state index in [1.807, 2.05) is 18.2 Å². The summed E-state index contributed by atoms with van der Waals surface area (Å²) in [5.41, 5.74) is 0.0114. The largest absolute Gasteiger partial charge is 0.450 e. The van der Waals surface area contributed by atoms with E-state index in [-0.39, 0.29) is 11.7 Å². The molecule has 3 heterocycles. The summed E-state index contributed by atoms with van der Waals surface area (Å²) in [5, 5.41) is 3.30. The number of ketones is 1. The van der Waals surface area contributed by atoms with Gasteiger partial charge in [0.1, 0.15) is 18.7 Å². The summed E-state index contributed by atoms with van der Waals surface area (Å²) in [4.78, 5) is 39.1. The molecule has 8 heteroatoms. The number of esters is 1. The van der Waals surface area contributed by atoms with Crippen LogP contribution < -0.4 is 5.32 Å². The molecule has 5 atom stereocenters. The summed E-state index contributed by atoms with van der Waals surface area (Å²) >= 11 is 5.97. The van der Waals surface area contributed by atoms with E-state index >= 15 is 0 Å². The van der Waals surface area contributed by atoms with Gasteiger partial charge in [-0.2, -0.15) is 0 Å². The van der Waals surface area contributed by atoms with E-state index in [0.29, 0.717) is 39.6 Å². The summed E-state index contributed by atoms with van der Waals surface area (Å²) < 4.78 is 12.3. The molecule has 1 N–H and O–H groups in total. The van der Waals surface area contributed by atoms with Crippen molar-refractivity contribution in [3.63, 3.8) is 0 Å². The third-order valence-corrected chi connectivity index (χ3v) is 7.93. The minimum atomic E-state index is -0.977. The molecule has 190 valence electrons. The van der Waals surface area contributed by atoms with Gasteiger partial charge in [0, 0.05) is 22.9 Å². The van der Waals surface area contributed by atoms with Crippen LogP contribution in [0.25, 0.3) is 0 Å². The van der Waals surface area contributed by atoms with Crippen LogP contribution in [0.5, 0.6) is 0 Å². The molecule has 36 heavy (non-hydrogen) atoms. The van der Waals surface area contributed by atoms with Crippen LogP contribution in [0.4, 0.5) is 4.79 Å². The summed E-state index contributed by atoms with van der Waals surface area (Å²) in [7, 11) is 0. The summed E-state index contributed by atoms with van der Waals surface area (Å²) in [6.45, 7) is 8.05. The second-order valence-corrected chi connectivity index (χ2v) is 11.8. The number of Topliss-reactive ketones (excluding diaryl/α,β-unsaturated/α-hetero) is 1. The average Bonchev–Trinajstić information content (AvgIpc) is 3.31. The number of halogens is 1. The van der Waals surface area contributed by atoms with Crippen molar-refractivity contribution in [3.8, 4) is 0 Å². The molecule has 7 nitrogen and oxygen atoms in total. The van der Waals surface area contributed by atoms with Gasteiger partial charge in [0.05, 0.1) is 19.0 Å². The Bertz CT molecular complexity index is 1180. The Morgan fingerprint density at radius 1 is 1.08 bits per heavy atom. The van der Waals surface area contributed by atoms with E-state index < -0.39 is 29.3 Å². The van der Waals surface area contributed by atoms with Crippen molar-refractivity contribution in [3.05, 3.63) is 70.7 Å². The van der Waals surface area contributed by atoms with E-state index in [9.17, 15) is 14.4 Å². The topological polar surface area (TPSA) is 81.7 Å². The Kier molecular flexibility index (Phi) is 6.12. The number of hydrogen-bond acceptors (Lipinski definition) is 5. The van der Waals surface area contributed by atoms with Crippen LogP contribution in [-0.2, 0) is 14.3 Å². The Balaban J connectivity index is 1.30. The molecule has 0 radical (unpaired) electrons. The molecule has 4 bridgehead atoms. The van der Waals surface area contributed by atoms with E-state index in [4.69, 9.17) is 21.1 Å². The number of nitrogens with one attached hydrogen (secondary N) is 1. The van der Waals surface area contributed by atoms with Crippen LogP contribution in [0, 0.1) is 11.8 Å². The lowest BCUT2D eigenvalue weighted by Crippen LogP contribution is -2.57. The molecule has 4 fully saturated rings. The number of carbonyl (C=O) groups excluding carboxylic acids is 3. The second-order valence-electron chi connectivity index (χ2n) is 11.4. The number of rotatable bonds is 7. The third kappa shape index (κ3) is 4.74. The summed E-state index contributed by atoms with van der Waals surface area (Å²) in [6.07, 6.45) is 0.244. The minimum Gasteiger partial charge on any atom is -0.450 e. The molecule has 2 aromatic rings. The molecule has 1 amide bonds. The highest BCUT2D eigenvalue weighted by Crippen LogP contribution is 2.65. The number of piperidine rings is 3. The first-order chi connectivity index (χ1) is 17.0. The molecule has 1 saturated carbocycles. The number of ether oxygens (including phenoxy) is 2. The lowest BCUT2D eigenvalue weighted by atomic mass is 10.0. The zero-order chi connectivity index (χ0) is 25.7. The molecule has 4 aliphatic rings. The zero-order valence-corrected chi connectivity index (χ0v) is 21.6. The van der Waals surface area contributed by atoms with Crippen LogP contribution in [-0.4, -0.2) is 59.7 Å². The smallest absolute Gasteiger partial charge is 0.408 e. The van der Waals surface area contributed by atoms with Gasteiger partial charge in [0.25, 0.3) is 0 Å². The average molecular weight is 512 g/mol. The third-order valence-electron chi connectivity index (χ3n) is 7.68. The standard InChI is InChI=1S/C28H31ClN2O5/c1-27(2,3)36-26(34)30-24(19-7-5-4-6-8-19)25(33)35-28-17-31(14-13-21(28)22(28)15-31)16-23(32)18-9-11-20(29)12-10-18/h4-12,21-22,24H,13-17H2,1-3H3/p+1. The minimum absolute atomic E-state index is 0.0710. The van der Waals surface area contributed by atoms with Crippen molar-refractivity contribution in [2.45, 2.75) is 44.4 Å². The lowest BCUT2D eigenvalue weighted by Gasteiger charge is -2.41. The Hall–Kier alpha value is -2.90. The van der Waals surface area contributed by atoms with Crippen LogP contribution in [0.2, 0.25) is 5.02 Å². The molecular formula is C28H32ClN2O5+. The fraction of sp³-hybridized carbons (Fsp3) is 0.464. The number of fused-ring (bicyclic) bond motifs is 1. The van der Waals surface area contributed by atoms with Gasteiger partial charge in [0.2, 0.25) is 5.78 Å². The highest BCUT2D eigenvalue weighted by molar-refractivity contribution is 6.30. The van der Waals surface area contributed by atoms with Gasteiger partial charge in [0.15, 0.2) is 11.6 Å². The Morgan fingerprint density at radius 2 is 1.78 bits per heavy atom. The van der Waals surface area contributed by atoms with Crippen molar-refractivity contribution in [1.29, 1.82) is 0 Å². The quantitative estimate of drug-likeness (QED) is 0.335. The SMILES string of the molecule is CC(C)(C)OC(=O)NC(C(=O)OC12C[N+]3(CC(=O)c4ccc(Cl)cc4)CCC1C2C3)c1ccccc1. The van der Waals surface area contributed by atoms with Crippen LogP contribution >= 0.6 is 11.6 Å². The monoisotopic (exact) mass is 511 g/mol. The molecule has 0 aromatic heterocycles. The van der Waals surface area contributed by atoms with Crippen molar-refractivity contribution in [1.82, 2.24) is 5.32 Å². The summed E-state index contributed by atoms with van der Waals surface area (Å²) in [6, 6.07) is 15.1. The number of nitrogens with zero attached hydrogens (tertiary/aromatic N) is 1. The van der Waals surface area contributed by atoms with Crippen molar-refractivity contribution in [2.24, 2.45) is 11.8 Å². The van der Waals surface area contributed by atoms with E-state index in [1.54, 1.807) is 57.2 Å². The maximum atomic E-state index is 13.5. The Morgan fingerprint density at radius 3 is 2.44 bits per heavy atom. The van der Waals surface area contributed by atoms with E-state index in [0.717, 1.165) is 19.5 Å². The van der Waals surface area contributed by atoms with Gasteiger partial charge in [-0.3, -0.25) is 4.79 Å². The number of amides is 1. The first-order valence-corrected chi connectivity index (χ1v) is 12.8. The maximum absolute atomic E-state index is 13.5. The first kappa shape index (κ1) is 24.8. The number of carbonyl (C=O) groups is 3. The van der Waals surface area contributed by atoms with Gasteiger partial charge in [-0.05, 0) is 50.6 Å². The lowest BCUT2D eigenvalue weighted by molar-refractivity contribution is -0.922. The number of alkyl carbamates (subject to hydrolysis) is 1. The molecule has 3 saturated heterocycles. The normalized spacial score (nSPS) is 28.7. The van der Waals surface area contributed by atoms with Crippen LogP contribution in [0.1, 0.15) is 49.2 Å². The van der Waals surface area contributed by atoms with Gasteiger partial charge in [-0.1, -0.05) is 41.9 Å². The van der Waals surface area contributed by atoms with Crippen LogP contribution in [0.15, 0.2) is 54.6 Å². The van der Waals surface area contributed by atoms with Crippen LogP contribution in [0.3, 0.4) is 0 Å². The molecule has 2 aromatic carbocycles. The van der Waals surface area contributed by atoms with E-state index in [1.165, 1.54) is 0 Å². The predicted molar refractivity (Wildman–Crippen MR) is 134 cm³/mol. The maximum Gasteiger partial charge on any atom is 0.408 e. The first-order valence-electron chi connectivity index (χ1n) is 12.4. The second kappa shape index (κ2) is 8.89. The molecule has 0 spiro atoms.